The summed E-state index contributed by atoms with van der Waals surface area (Å²) in [6.07, 6.45) is 1.03. The lowest BCUT2D eigenvalue weighted by molar-refractivity contribution is -0.122. The van der Waals surface area contributed by atoms with Crippen LogP contribution in [-0.2, 0) is 14.8 Å². The molecule has 0 aromatic carbocycles. The summed E-state index contributed by atoms with van der Waals surface area (Å²) in [7, 11) is -3.37. The van der Waals surface area contributed by atoms with Crippen LogP contribution < -0.4 is 5.73 Å². The van der Waals surface area contributed by atoms with E-state index in [-0.39, 0.29) is 11.8 Å². The van der Waals surface area contributed by atoms with E-state index in [2.05, 4.69) is 0 Å². The topological polar surface area (TPSA) is 80.5 Å². The molecule has 0 unspecified atom stereocenters. The summed E-state index contributed by atoms with van der Waals surface area (Å²) >= 11 is 1.21. The molecule has 2 rings (SSSR count). The van der Waals surface area contributed by atoms with Gasteiger partial charge in [0.1, 0.15) is 4.21 Å². The average molecular weight is 274 g/mol. The van der Waals surface area contributed by atoms with Crippen LogP contribution in [0.25, 0.3) is 0 Å². The van der Waals surface area contributed by atoms with Crippen molar-refractivity contribution in [3.8, 4) is 0 Å². The minimum absolute atomic E-state index is 0.190. The van der Waals surface area contributed by atoms with Gasteiger partial charge in [-0.05, 0) is 24.3 Å². The van der Waals surface area contributed by atoms with Crippen LogP contribution in [0.5, 0.6) is 0 Å². The van der Waals surface area contributed by atoms with Gasteiger partial charge in [-0.3, -0.25) is 4.79 Å². The fourth-order valence-corrected chi connectivity index (χ4v) is 4.53. The second-order valence-electron chi connectivity index (χ2n) is 4.01. The Hall–Kier alpha value is -0.920. The number of amides is 1. The molecule has 5 nitrogen and oxygen atoms in total. The predicted octanol–water partition coefficient (Wildman–Crippen LogP) is 0.634. The number of sulfonamides is 1. The van der Waals surface area contributed by atoms with Crippen LogP contribution in [0.3, 0.4) is 0 Å². The van der Waals surface area contributed by atoms with Gasteiger partial charge in [-0.1, -0.05) is 6.07 Å². The monoisotopic (exact) mass is 274 g/mol. The quantitative estimate of drug-likeness (QED) is 0.878. The molecular formula is C10H14N2O3S2. The highest BCUT2D eigenvalue weighted by Crippen LogP contribution is 2.25. The standard InChI is InChI=1S/C10H14N2O3S2/c11-10(13)8-3-5-12(6-4-8)17(14,15)9-2-1-7-16-9/h1-2,7-8H,3-6H2,(H2,11,13). The molecule has 17 heavy (non-hydrogen) atoms. The number of hydrogen-bond acceptors (Lipinski definition) is 4. The number of carbonyl (C=O) groups is 1. The van der Waals surface area contributed by atoms with Gasteiger partial charge in [0.15, 0.2) is 0 Å². The van der Waals surface area contributed by atoms with Crippen LogP contribution in [-0.4, -0.2) is 31.7 Å². The van der Waals surface area contributed by atoms with Crippen LogP contribution in [0.2, 0.25) is 0 Å². The minimum atomic E-state index is -3.37. The van der Waals surface area contributed by atoms with E-state index in [1.165, 1.54) is 15.6 Å². The molecule has 0 saturated carbocycles. The van der Waals surface area contributed by atoms with Gasteiger partial charge in [0, 0.05) is 19.0 Å². The lowest BCUT2D eigenvalue weighted by Gasteiger charge is -2.29. The van der Waals surface area contributed by atoms with E-state index in [0.717, 1.165) is 0 Å². The maximum Gasteiger partial charge on any atom is 0.252 e. The van der Waals surface area contributed by atoms with Crippen molar-refractivity contribution in [1.29, 1.82) is 0 Å². The van der Waals surface area contributed by atoms with Crippen LogP contribution >= 0.6 is 11.3 Å². The van der Waals surface area contributed by atoms with Gasteiger partial charge in [0.05, 0.1) is 0 Å². The van der Waals surface area contributed by atoms with Gasteiger partial charge in [-0.2, -0.15) is 4.31 Å². The molecule has 1 aromatic rings. The van der Waals surface area contributed by atoms with E-state index in [1.807, 2.05) is 0 Å². The largest absolute Gasteiger partial charge is 0.369 e. The van der Waals surface area contributed by atoms with E-state index >= 15 is 0 Å². The molecule has 2 N–H and O–H groups in total. The highest BCUT2D eigenvalue weighted by atomic mass is 32.2. The van der Waals surface area contributed by atoms with E-state index in [0.29, 0.717) is 30.1 Å². The molecule has 1 aromatic heterocycles. The normalized spacial score (nSPS) is 19.3. The number of rotatable bonds is 3. The Labute approximate surface area is 104 Å². The number of primary amides is 1. The highest BCUT2D eigenvalue weighted by Gasteiger charge is 2.31. The molecular weight excluding hydrogens is 260 g/mol. The highest BCUT2D eigenvalue weighted by molar-refractivity contribution is 7.91. The number of thiophene rings is 1. The maximum absolute atomic E-state index is 12.1. The van der Waals surface area contributed by atoms with Gasteiger partial charge in [-0.25, -0.2) is 8.42 Å². The second kappa shape index (κ2) is 4.75. The van der Waals surface area contributed by atoms with Gasteiger partial charge in [0.25, 0.3) is 10.0 Å². The van der Waals surface area contributed by atoms with Crippen LogP contribution in [0, 0.1) is 5.92 Å². The summed E-state index contributed by atoms with van der Waals surface area (Å²) in [6, 6.07) is 3.31. The Morgan fingerprint density at radius 3 is 2.53 bits per heavy atom. The Kier molecular flexibility index (Phi) is 3.50. The molecule has 0 radical (unpaired) electrons. The van der Waals surface area contributed by atoms with Crippen molar-refractivity contribution in [3.05, 3.63) is 17.5 Å². The smallest absolute Gasteiger partial charge is 0.252 e. The SMILES string of the molecule is NC(=O)C1CCN(S(=O)(=O)c2cccs2)CC1. The third-order valence-electron chi connectivity index (χ3n) is 2.95. The number of piperidine rings is 1. The molecule has 2 heterocycles. The van der Waals surface area contributed by atoms with Crippen molar-refractivity contribution < 1.29 is 13.2 Å². The molecule has 7 heteroatoms. The fourth-order valence-electron chi connectivity index (χ4n) is 1.92. The first-order valence-electron chi connectivity index (χ1n) is 5.35. The Morgan fingerprint density at radius 2 is 2.06 bits per heavy atom. The Balaban J connectivity index is 2.09. The zero-order valence-electron chi connectivity index (χ0n) is 9.20. The number of nitrogens with zero attached hydrogens (tertiary/aromatic N) is 1. The maximum atomic E-state index is 12.1. The molecule has 1 aliphatic heterocycles. The van der Waals surface area contributed by atoms with Crippen molar-refractivity contribution in [2.45, 2.75) is 17.1 Å². The summed E-state index contributed by atoms with van der Waals surface area (Å²) in [6.45, 7) is 0.738. The lowest BCUT2D eigenvalue weighted by atomic mass is 9.98. The zero-order valence-corrected chi connectivity index (χ0v) is 10.8. The number of carbonyl (C=O) groups excluding carboxylic acids is 1. The third kappa shape index (κ3) is 2.51. The first-order valence-corrected chi connectivity index (χ1v) is 7.67. The summed E-state index contributed by atoms with van der Waals surface area (Å²) in [5, 5.41) is 1.74. The van der Waals surface area contributed by atoms with Gasteiger partial charge < -0.3 is 5.73 Å². The van der Waals surface area contributed by atoms with Crippen molar-refractivity contribution >= 4 is 27.3 Å². The first-order chi connectivity index (χ1) is 8.01. The van der Waals surface area contributed by atoms with Crippen LogP contribution in [0.1, 0.15) is 12.8 Å². The molecule has 0 aliphatic carbocycles. The first kappa shape index (κ1) is 12.5. The molecule has 0 spiro atoms. The Morgan fingerprint density at radius 1 is 1.41 bits per heavy atom. The number of hydrogen-bond donors (Lipinski definition) is 1. The molecule has 1 aliphatic rings. The average Bonchev–Trinajstić information content (AvgIpc) is 2.83. The van der Waals surface area contributed by atoms with E-state index < -0.39 is 10.0 Å². The van der Waals surface area contributed by atoms with Crippen molar-refractivity contribution in [2.75, 3.05) is 13.1 Å². The van der Waals surface area contributed by atoms with Crippen LogP contribution in [0.4, 0.5) is 0 Å². The summed E-state index contributed by atoms with van der Waals surface area (Å²) in [5.41, 5.74) is 5.21. The molecule has 0 bridgehead atoms. The lowest BCUT2D eigenvalue weighted by Crippen LogP contribution is -2.41. The predicted molar refractivity (Wildman–Crippen MR) is 65.0 cm³/mol. The zero-order chi connectivity index (χ0) is 12.5. The molecule has 1 saturated heterocycles. The minimum Gasteiger partial charge on any atom is -0.369 e. The summed E-state index contributed by atoms with van der Waals surface area (Å²) in [4.78, 5) is 11.0. The third-order valence-corrected chi connectivity index (χ3v) is 6.22. The van der Waals surface area contributed by atoms with Gasteiger partial charge in [-0.15, -0.1) is 11.3 Å². The van der Waals surface area contributed by atoms with Gasteiger partial charge in [0.2, 0.25) is 5.91 Å². The van der Waals surface area contributed by atoms with Crippen molar-refractivity contribution in [1.82, 2.24) is 4.31 Å². The van der Waals surface area contributed by atoms with Crippen molar-refractivity contribution in [2.24, 2.45) is 11.7 Å². The fraction of sp³-hybridized carbons (Fsp3) is 0.500. The van der Waals surface area contributed by atoms with Crippen LogP contribution in [0.15, 0.2) is 21.7 Å². The number of nitrogens with two attached hydrogens (primary N) is 1. The van der Waals surface area contributed by atoms with E-state index in [4.69, 9.17) is 5.73 Å². The molecule has 94 valence electrons. The van der Waals surface area contributed by atoms with Crippen molar-refractivity contribution in [3.63, 3.8) is 0 Å². The molecule has 1 fully saturated rings. The molecule has 1 amide bonds. The van der Waals surface area contributed by atoms with Gasteiger partial charge >= 0.3 is 0 Å². The Bertz CT molecular complexity index is 488. The summed E-state index contributed by atoms with van der Waals surface area (Å²) in [5.74, 6) is -0.525. The second-order valence-corrected chi connectivity index (χ2v) is 7.13. The molecule has 0 atom stereocenters. The summed E-state index contributed by atoms with van der Waals surface area (Å²) < 4.78 is 26.1. The van der Waals surface area contributed by atoms with E-state index in [1.54, 1.807) is 17.5 Å². The van der Waals surface area contributed by atoms with E-state index in [9.17, 15) is 13.2 Å².